The first kappa shape index (κ1) is 11.4. The Kier molecular flexibility index (Phi) is 3.01. The molecule has 0 radical (unpaired) electrons. The minimum Gasteiger partial charge on any atom is -0.397 e. The van der Waals surface area contributed by atoms with Crippen LogP contribution in [0.2, 0.25) is 0 Å². The van der Waals surface area contributed by atoms with Gasteiger partial charge in [0.15, 0.2) is 0 Å². The molecule has 0 aliphatic carbocycles. The highest BCUT2D eigenvalue weighted by Crippen LogP contribution is 2.32. The van der Waals surface area contributed by atoms with Gasteiger partial charge in [0.2, 0.25) is 0 Å². The molecule has 0 spiro atoms. The highest BCUT2D eigenvalue weighted by molar-refractivity contribution is 9.10. The molecule has 92 valence electrons. The molecular formula is C13H18BrN3. The summed E-state index contributed by atoms with van der Waals surface area (Å²) >= 11 is 3.50. The molecule has 2 fully saturated rings. The van der Waals surface area contributed by atoms with E-state index in [0.29, 0.717) is 12.1 Å². The highest BCUT2D eigenvalue weighted by Gasteiger charge is 2.37. The van der Waals surface area contributed by atoms with Crippen LogP contribution in [0.25, 0.3) is 0 Å². The molecule has 0 amide bonds. The van der Waals surface area contributed by atoms with E-state index in [1.807, 2.05) is 12.1 Å². The summed E-state index contributed by atoms with van der Waals surface area (Å²) in [6.07, 6.45) is 3.90. The van der Waals surface area contributed by atoms with Crippen LogP contribution < -0.4 is 11.1 Å². The maximum atomic E-state index is 6.01. The van der Waals surface area contributed by atoms with Crippen molar-refractivity contribution in [1.82, 2.24) is 4.90 Å². The molecule has 2 saturated heterocycles. The van der Waals surface area contributed by atoms with Gasteiger partial charge in [0, 0.05) is 23.1 Å². The molecule has 0 bridgehead atoms. The van der Waals surface area contributed by atoms with Crippen LogP contribution in [0.4, 0.5) is 11.4 Å². The second-order valence-corrected chi connectivity index (χ2v) is 5.93. The molecule has 2 atom stereocenters. The van der Waals surface area contributed by atoms with Crippen molar-refractivity contribution in [3.05, 3.63) is 22.7 Å². The highest BCUT2D eigenvalue weighted by atomic mass is 79.9. The zero-order chi connectivity index (χ0) is 11.8. The van der Waals surface area contributed by atoms with Crippen molar-refractivity contribution in [3.8, 4) is 0 Å². The summed E-state index contributed by atoms with van der Waals surface area (Å²) in [5.74, 6) is 0. The summed E-state index contributed by atoms with van der Waals surface area (Å²) < 4.78 is 1.08. The number of halogens is 1. The molecule has 3 N–H and O–H groups in total. The Balaban J connectivity index is 1.76. The van der Waals surface area contributed by atoms with E-state index in [9.17, 15) is 0 Å². The molecule has 17 heavy (non-hydrogen) atoms. The maximum absolute atomic E-state index is 6.01. The number of rotatable bonds is 2. The van der Waals surface area contributed by atoms with Crippen LogP contribution in [0.1, 0.15) is 19.3 Å². The lowest BCUT2D eigenvalue weighted by atomic mass is 10.1. The molecule has 2 unspecified atom stereocenters. The summed E-state index contributed by atoms with van der Waals surface area (Å²) in [6.45, 7) is 2.51. The Labute approximate surface area is 110 Å². The van der Waals surface area contributed by atoms with Crippen molar-refractivity contribution in [2.24, 2.45) is 0 Å². The molecule has 0 saturated carbocycles. The van der Waals surface area contributed by atoms with E-state index < -0.39 is 0 Å². The number of fused-ring (bicyclic) bond motifs is 1. The fraction of sp³-hybridized carbons (Fsp3) is 0.538. The first-order valence-corrected chi connectivity index (χ1v) is 7.09. The van der Waals surface area contributed by atoms with Crippen molar-refractivity contribution in [2.75, 3.05) is 24.1 Å². The van der Waals surface area contributed by atoms with Crippen LogP contribution in [-0.2, 0) is 0 Å². The zero-order valence-corrected chi connectivity index (χ0v) is 11.4. The standard InChI is InChI=1S/C13H18BrN3/c14-9-3-4-10(15)12(8-9)16-11-5-7-17-6-1-2-13(11)17/h3-4,8,11,13,16H,1-2,5-7,15H2. The van der Waals surface area contributed by atoms with Gasteiger partial charge in [-0.2, -0.15) is 0 Å². The Morgan fingerprint density at radius 3 is 3.06 bits per heavy atom. The third-order valence-electron chi connectivity index (χ3n) is 3.96. The zero-order valence-electron chi connectivity index (χ0n) is 9.82. The summed E-state index contributed by atoms with van der Waals surface area (Å²) in [4.78, 5) is 2.60. The van der Waals surface area contributed by atoms with Crippen molar-refractivity contribution in [2.45, 2.75) is 31.3 Å². The lowest BCUT2D eigenvalue weighted by Crippen LogP contribution is -2.33. The maximum Gasteiger partial charge on any atom is 0.0587 e. The largest absolute Gasteiger partial charge is 0.397 e. The van der Waals surface area contributed by atoms with Gasteiger partial charge in [0.05, 0.1) is 11.4 Å². The third-order valence-corrected chi connectivity index (χ3v) is 4.46. The SMILES string of the molecule is Nc1ccc(Br)cc1NC1CCN2CCCC12. The van der Waals surface area contributed by atoms with Crippen LogP contribution in [0, 0.1) is 0 Å². The summed E-state index contributed by atoms with van der Waals surface area (Å²) in [5.41, 5.74) is 7.91. The van der Waals surface area contributed by atoms with Gasteiger partial charge in [0.1, 0.15) is 0 Å². The van der Waals surface area contributed by atoms with E-state index >= 15 is 0 Å². The lowest BCUT2D eigenvalue weighted by molar-refractivity contribution is 0.318. The van der Waals surface area contributed by atoms with Crippen LogP contribution in [0.15, 0.2) is 22.7 Å². The number of hydrogen-bond acceptors (Lipinski definition) is 3. The number of nitrogen functional groups attached to an aromatic ring is 1. The predicted octanol–water partition coefficient (Wildman–Crippen LogP) is 2.68. The Hall–Kier alpha value is -0.740. The van der Waals surface area contributed by atoms with E-state index in [2.05, 4.69) is 32.2 Å². The number of hydrogen-bond donors (Lipinski definition) is 2. The summed E-state index contributed by atoms with van der Waals surface area (Å²) in [5, 5.41) is 3.62. The van der Waals surface area contributed by atoms with E-state index in [4.69, 9.17) is 5.73 Å². The molecular weight excluding hydrogens is 278 g/mol. The number of benzene rings is 1. The predicted molar refractivity (Wildman–Crippen MR) is 75.2 cm³/mol. The van der Waals surface area contributed by atoms with Gasteiger partial charge in [-0.15, -0.1) is 0 Å². The smallest absolute Gasteiger partial charge is 0.0587 e. The molecule has 2 aliphatic heterocycles. The minimum absolute atomic E-state index is 0.564. The number of anilines is 2. The van der Waals surface area contributed by atoms with E-state index in [0.717, 1.165) is 15.8 Å². The first-order valence-electron chi connectivity index (χ1n) is 6.29. The van der Waals surface area contributed by atoms with Gasteiger partial charge < -0.3 is 11.1 Å². The van der Waals surface area contributed by atoms with Gasteiger partial charge in [-0.05, 0) is 44.0 Å². The minimum atomic E-state index is 0.564. The van der Waals surface area contributed by atoms with E-state index in [1.54, 1.807) is 0 Å². The van der Waals surface area contributed by atoms with Crippen LogP contribution in [0.3, 0.4) is 0 Å². The second kappa shape index (κ2) is 4.50. The fourth-order valence-corrected chi connectivity index (χ4v) is 3.47. The average Bonchev–Trinajstić information content (AvgIpc) is 2.88. The quantitative estimate of drug-likeness (QED) is 0.825. The van der Waals surface area contributed by atoms with E-state index in [1.165, 1.54) is 32.4 Å². The molecule has 3 nitrogen and oxygen atoms in total. The number of nitrogens with one attached hydrogen (secondary N) is 1. The molecule has 2 heterocycles. The Bertz CT molecular complexity index is 421. The van der Waals surface area contributed by atoms with Crippen molar-refractivity contribution >= 4 is 27.3 Å². The van der Waals surface area contributed by atoms with Gasteiger partial charge in [-0.1, -0.05) is 15.9 Å². The van der Waals surface area contributed by atoms with Crippen molar-refractivity contribution < 1.29 is 0 Å². The molecule has 2 aliphatic rings. The first-order chi connectivity index (χ1) is 8.24. The average molecular weight is 296 g/mol. The second-order valence-electron chi connectivity index (χ2n) is 5.02. The molecule has 4 heteroatoms. The molecule has 1 aromatic rings. The molecule has 0 aromatic heterocycles. The molecule has 3 rings (SSSR count). The normalized spacial score (nSPS) is 28.3. The number of nitrogens with two attached hydrogens (primary N) is 1. The van der Waals surface area contributed by atoms with Gasteiger partial charge in [-0.3, -0.25) is 4.90 Å². The van der Waals surface area contributed by atoms with Gasteiger partial charge in [0.25, 0.3) is 0 Å². The fourth-order valence-electron chi connectivity index (χ4n) is 3.10. The van der Waals surface area contributed by atoms with Gasteiger partial charge >= 0.3 is 0 Å². The summed E-state index contributed by atoms with van der Waals surface area (Å²) in [7, 11) is 0. The van der Waals surface area contributed by atoms with Crippen LogP contribution >= 0.6 is 15.9 Å². The molecule has 1 aromatic carbocycles. The van der Waals surface area contributed by atoms with Crippen molar-refractivity contribution in [1.29, 1.82) is 0 Å². The number of nitrogens with zero attached hydrogens (tertiary/aromatic N) is 1. The van der Waals surface area contributed by atoms with Crippen molar-refractivity contribution in [3.63, 3.8) is 0 Å². The van der Waals surface area contributed by atoms with Gasteiger partial charge in [-0.25, -0.2) is 0 Å². The van der Waals surface area contributed by atoms with Crippen LogP contribution in [-0.4, -0.2) is 30.1 Å². The van der Waals surface area contributed by atoms with Crippen LogP contribution in [0.5, 0.6) is 0 Å². The Morgan fingerprint density at radius 2 is 2.18 bits per heavy atom. The monoisotopic (exact) mass is 295 g/mol. The van der Waals surface area contributed by atoms with E-state index in [-0.39, 0.29) is 0 Å². The Morgan fingerprint density at radius 1 is 1.29 bits per heavy atom. The third kappa shape index (κ3) is 2.16. The topological polar surface area (TPSA) is 41.3 Å². The lowest BCUT2D eigenvalue weighted by Gasteiger charge is -2.23. The summed E-state index contributed by atoms with van der Waals surface area (Å²) in [6, 6.07) is 7.29.